The fourth-order valence-corrected chi connectivity index (χ4v) is 6.21. The van der Waals surface area contributed by atoms with Crippen LogP contribution in [0, 0.1) is 0 Å². The van der Waals surface area contributed by atoms with Crippen molar-refractivity contribution in [2.24, 2.45) is 0 Å². The Labute approximate surface area is 162 Å². The number of rotatable bonds is 10. The highest BCUT2D eigenvalue weighted by atomic mass is 31.2. The normalized spacial score (nSPS) is 13.4. The van der Waals surface area contributed by atoms with Crippen LogP contribution in [-0.4, -0.2) is 25.2 Å². The third-order valence-corrected chi connectivity index (χ3v) is 8.97. The molecule has 0 aliphatic rings. The number of methoxy groups -OCH3 is 1. The van der Waals surface area contributed by atoms with E-state index in [4.69, 9.17) is 4.74 Å². The fourth-order valence-electron chi connectivity index (χ4n) is 3.36. The molecular formula is C23H27O3P. The van der Waals surface area contributed by atoms with Gasteiger partial charge in [0.25, 0.3) is 0 Å². The molecule has 0 radical (unpaired) electrons. The lowest BCUT2D eigenvalue weighted by Crippen LogP contribution is -2.28. The molecule has 0 saturated carbocycles. The van der Waals surface area contributed by atoms with Crippen molar-refractivity contribution < 1.29 is 14.1 Å². The summed E-state index contributed by atoms with van der Waals surface area (Å²) in [5.74, 6) is 0.694. The second-order valence-corrected chi connectivity index (χ2v) is 10.3. The number of hydrogen-bond donors (Lipinski definition) is 0. The minimum atomic E-state index is -2.86. The second kappa shape index (κ2) is 9.01. The summed E-state index contributed by atoms with van der Waals surface area (Å²) in [5, 5.41) is -0.825. The Bertz CT molecular complexity index is 826. The Morgan fingerprint density at radius 3 is 2.07 bits per heavy atom. The third-order valence-electron chi connectivity index (χ3n) is 5.06. The number of benzene rings is 2. The summed E-state index contributed by atoms with van der Waals surface area (Å²) in [4.78, 5) is 13.0. The van der Waals surface area contributed by atoms with E-state index >= 15 is 0 Å². The fraction of sp³-hybridized carbons (Fsp3) is 0.261. The Balaban J connectivity index is 2.55. The number of hydrogen-bond acceptors (Lipinski definition) is 3. The highest BCUT2D eigenvalue weighted by Gasteiger charge is 2.45. The molecule has 1 atom stereocenters. The lowest BCUT2D eigenvalue weighted by atomic mass is 9.92. The van der Waals surface area contributed by atoms with Crippen LogP contribution in [0.3, 0.4) is 0 Å². The minimum Gasteiger partial charge on any atom is -0.497 e. The van der Waals surface area contributed by atoms with Crippen LogP contribution in [0.4, 0.5) is 0 Å². The minimum absolute atomic E-state index is 0.0257. The van der Waals surface area contributed by atoms with E-state index in [0.29, 0.717) is 17.9 Å². The topological polar surface area (TPSA) is 43.4 Å². The van der Waals surface area contributed by atoms with Gasteiger partial charge in [0.05, 0.1) is 12.3 Å². The van der Waals surface area contributed by atoms with Crippen LogP contribution in [0.5, 0.6) is 5.75 Å². The lowest BCUT2D eigenvalue weighted by Gasteiger charge is -2.37. The zero-order valence-corrected chi connectivity index (χ0v) is 17.0. The summed E-state index contributed by atoms with van der Waals surface area (Å²) in [5.41, 5.74) is 1.49. The number of ether oxygens (including phenoxy) is 1. The van der Waals surface area contributed by atoms with Gasteiger partial charge >= 0.3 is 0 Å². The van der Waals surface area contributed by atoms with Crippen molar-refractivity contribution >= 4 is 12.9 Å². The van der Waals surface area contributed by atoms with E-state index in [-0.39, 0.29) is 12.2 Å². The smallest absolute Gasteiger partial charge is 0.164 e. The third kappa shape index (κ3) is 4.48. The summed E-state index contributed by atoms with van der Waals surface area (Å²) in [6.45, 7) is 9.50. The number of allylic oxidation sites excluding steroid dienone is 2. The van der Waals surface area contributed by atoms with Gasteiger partial charge in [-0.15, -0.1) is 13.2 Å². The van der Waals surface area contributed by atoms with Gasteiger partial charge in [0.1, 0.15) is 12.9 Å². The molecule has 0 fully saturated rings. The van der Waals surface area contributed by atoms with Crippen LogP contribution in [0.25, 0.3) is 0 Å². The number of Topliss-reactive ketones (excluding diaryl/α,β-unsaturated/α-hetero) is 1. The largest absolute Gasteiger partial charge is 0.497 e. The standard InChI is InChI=1S/C23H27O3P/c1-5-16-27(25,17-6-2)23(3,20-12-14-21(26-4)15-13-20)18-22(24)19-10-8-7-9-11-19/h5-15H,1-2,16-18H2,3-4H3/t23-/m1/s1. The SMILES string of the molecule is C=CCP(=O)(CC=C)[C@](C)(CC(=O)c1ccccc1)c1ccc(OC)cc1. The van der Waals surface area contributed by atoms with Crippen molar-refractivity contribution in [2.75, 3.05) is 19.4 Å². The number of ketones is 1. The second-order valence-electron chi connectivity index (χ2n) is 6.80. The molecule has 0 unspecified atom stereocenters. The molecule has 0 heterocycles. The molecule has 0 aliphatic carbocycles. The molecule has 142 valence electrons. The van der Waals surface area contributed by atoms with Crippen LogP contribution in [-0.2, 0) is 9.72 Å². The molecule has 0 bridgehead atoms. The quantitative estimate of drug-likeness (QED) is 0.291. The van der Waals surface area contributed by atoms with E-state index in [1.807, 2.05) is 49.4 Å². The maximum Gasteiger partial charge on any atom is 0.164 e. The highest BCUT2D eigenvalue weighted by Crippen LogP contribution is 2.65. The van der Waals surface area contributed by atoms with Gasteiger partial charge in [-0.05, 0) is 24.6 Å². The van der Waals surface area contributed by atoms with E-state index in [9.17, 15) is 9.36 Å². The molecule has 2 aromatic rings. The van der Waals surface area contributed by atoms with Crippen molar-refractivity contribution in [3.05, 3.63) is 91.0 Å². The van der Waals surface area contributed by atoms with E-state index in [1.54, 1.807) is 31.4 Å². The van der Waals surface area contributed by atoms with Crippen LogP contribution >= 0.6 is 7.14 Å². The number of carbonyl (C=O) groups is 1. The predicted molar refractivity (Wildman–Crippen MR) is 113 cm³/mol. The molecule has 2 aromatic carbocycles. The van der Waals surface area contributed by atoms with Gasteiger partial charge in [-0.25, -0.2) is 0 Å². The van der Waals surface area contributed by atoms with Crippen molar-refractivity contribution in [3.63, 3.8) is 0 Å². The summed E-state index contributed by atoms with van der Waals surface area (Å²) < 4.78 is 19.3. The van der Waals surface area contributed by atoms with Gasteiger partial charge in [0.2, 0.25) is 0 Å². The predicted octanol–water partition coefficient (Wildman–Crippen LogP) is 5.92. The molecule has 0 spiro atoms. The summed E-state index contributed by atoms with van der Waals surface area (Å²) in [7, 11) is -1.25. The Kier molecular flexibility index (Phi) is 6.98. The van der Waals surface area contributed by atoms with Crippen LogP contribution in [0.2, 0.25) is 0 Å². The zero-order valence-electron chi connectivity index (χ0n) is 16.1. The van der Waals surface area contributed by atoms with Crippen molar-refractivity contribution in [1.82, 2.24) is 0 Å². The molecule has 27 heavy (non-hydrogen) atoms. The molecular weight excluding hydrogens is 355 g/mol. The molecule has 0 aromatic heterocycles. The van der Waals surface area contributed by atoms with Gasteiger partial charge < -0.3 is 9.30 Å². The van der Waals surface area contributed by atoms with Gasteiger partial charge in [-0.3, -0.25) is 4.79 Å². The zero-order chi connectivity index (χ0) is 19.9. The van der Waals surface area contributed by atoms with Crippen LogP contribution in [0.1, 0.15) is 29.3 Å². The Hall–Kier alpha value is -2.38. The van der Waals surface area contributed by atoms with Gasteiger partial charge in [-0.1, -0.05) is 54.6 Å². The molecule has 3 nitrogen and oxygen atoms in total. The number of carbonyl (C=O) groups excluding carboxylic acids is 1. The summed E-state index contributed by atoms with van der Waals surface area (Å²) in [6.07, 6.45) is 4.22. The molecule has 0 aliphatic heterocycles. The van der Waals surface area contributed by atoms with Crippen LogP contribution < -0.4 is 4.74 Å². The van der Waals surface area contributed by atoms with Gasteiger partial charge in [0, 0.05) is 24.3 Å². The van der Waals surface area contributed by atoms with Gasteiger partial charge in [-0.2, -0.15) is 0 Å². The first kappa shape index (κ1) is 20.9. The van der Waals surface area contributed by atoms with E-state index in [2.05, 4.69) is 13.2 Å². The summed E-state index contributed by atoms with van der Waals surface area (Å²) in [6, 6.07) is 16.6. The first-order valence-corrected chi connectivity index (χ1v) is 11.0. The average Bonchev–Trinajstić information content (AvgIpc) is 2.69. The first-order chi connectivity index (χ1) is 12.9. The molecule has 0 N–H and O–H groups in total. The van der Waals surface area contributed by atoms with Crippen LogP contribution in [0.15, 0.2) is 79.9 Å². The average molecular weight is 382 g/mol. The Morgan fingerprint density at radius 1 is 1.04 bits per heavy atom. The van der Waals surface area contributed by atoms with E-state index < -0.39 is 12.3 Å². The van der Waals surface area contributed by atoms with Crippen molar-refractivity contribution in [1.29, 1.82) is 0 Å². The van der Waals surface area contributed by atoms with Crippen molar-refractivity contribution in [3.8, 4) is 5.75 Å². The summed E-state index contributed by atoms with van der Waals surface area (Å²) >= 11 is 0. The molecule has 0 saturated heterocycles. The molecule has 0 amide bonds. The lowest BCUT2D eigenvalue weighted by molar-refractivity contribution is 0.0968. The highest BCUT2D eigenvalue weighted by molar-refractivity contribution is 7.65. The molecule has 4 heteroatoms. The van der Waals surface area contributed by atoms with E-state index in [1.165, 1.54) is 0 Å². The Morgan fingerprint density at radius 2 is 1.59 bits per heavy atom. The molecule has 2 rings (SSSR count). The first-order valence-electron chi connectivity index (χ1n) is 8.93. The van der Waals surface area contributed by atoms with Gasteiger partial charge in [0.15, 0.2) is 5.78 Å². The van der Waals surface area contributed by atoms with Crippen molar-refractivity contribution in [2.45, 2.75) is 18.5 Å². The monoisotopic (exact) mass is 382 g/mol. The van der Waals surface area contributed by atoms with E-state index in [0.717, 1.165) is 11.3 Å². The maximum atomic E-state index is 14.0. The maximum absolute atomic E-state index is 14.0.